The molecule has 0 saturated heterocycles. The lowest BCUT2D eigenvalue weighted by atomic mass is 10.1. The van der Waals surface area contributed by atoms with E-state index in [1.54, 1.807) is 0 Å². The summed E-state index contributed by atoms with van der Waals surface area (Å²) in [7, 11) is 0. The van der Waals surface area contributed by atoms with Crippen LogP contribution >= 0.6 is 0 Å². The summed E-state index contributed by atoms with van der Waals surface area (Å²) in [4.78, 5) is 4.30. The van der Waals surface area contributed by atoms with Gasteiger partial charge in [0.05, 0.1) is 0 Å². The van der Waals surface area contributed by atoms with E-state index < -0.39 is 0 Å². The molecule has 1 nitrogen and oxygen atoms in total. The molecule has 1 heteroatoms. The van der Waals surface area contributed by atoms with Gasteiger partial charge in [-0.1, -0.05) is 25.0 Å². The minimum absolute atomic E-state index is 1.12. The van der Waals surface area contributed by atoms with Crippen LogP contribution in [0.25, 0.3) is 0 Å². The summed E-state index contributed by atoms with van der Waals surface area (Å²) >= 11 is 0. The third-order valence-corrected chi connectivity index (χ3v) is 2.32. The van der Waals surface area contributed by atoms with E-state index in [2.05, 4.69) is 23.7 Å². The Kier molecular flexibility index (Phi) is 5.73. The molecule has 0 spiro atoms. The fraction of sp³-hybridized carbons (Fsp3) is 0.462. The van der Waals surface area contributed by atoms with Gasteiger partial charge >= 0.3 is 0 Å². The van der Waals surface area contributed by atoms with Crippen molar-refractivity contribution in [2.45, 2.75) is 38.5 Å². The molecule has 0 atom stereocenters. The van der Waals surface area contributed by atoms with E-state index in [0.717, 1.165) is 12.8 Å². The van der Waals surface area contributed by atoms with Crippen molar-refractivity contribution in [3.8, 4) is 0 Å². The van der Waals surface area contributed by atoms with Crippen molar-refractivity contribution in [2.75, 3.05) is 0 Å². The molecule has 1 aromatic rings. The van der Waals surface area contributed by atoms with Crippen molar-refractivity contribution >= 4 is 0 Å². The van der Waals surface area contributed by atoms with Gasteiger partial charge in [0.2, 0.25) is 0 Å². The van der Waals surface area contributed by atoms with E-state index in [4.69, 9.17) is 0 Å². The zero-order valence-corrected chi connectivity index (χ0v) is 8.78. The van der Waals surface area contributed by atoms with Crippen LogP contribution in [-0.2, 0) is 6.42 Å². The fourth-order valence-corrected chi connectivity index (χ4v) is 1.49. The fourth-order valence-electron chi connectivity index (χ4n) is 1.49. The Morgan fingerprint density at radius 1 is 1.14 bits per heavy atom. The molecule has 1 rings (SSSR count). The van der Waals surface area contributed by atoms with Gasteiger partial charge < -0.3 is 0 Å². The average molecular weight is 189 g/mol. The summed E-state index contributed by atoms with van der Waals surface area (Å²) in [6.45, 7) is 3.72. The monoisotopic (exact) mass is 189 g/mol. The van der Waals surface area contributed by atoms with Crippen LogP contribution in [0.4, 0.5) is 0 Å². The highest BCUT2D eigenvalue weighted by molar-refractivity contribution is 5.03. The predicted octanol–water partition coefficient (Wildman–Crippen LogP) is 3.76. The Balaban J connectivity index is 2.02. The van der Waals surface area contributed by atoms with Gasteiger partial charge in [-0.05, 0) is 37.8 Å². The maximum atomic E-state index is 4.30. The molecule has 0 aliphatic rings. The van der Waals surface area contributed by atoms with Crippen LogP contribution in [0, 0.1) is 0 Å². The topological polar surface area (TPSA) is 12.9 Å². The highest BCUT2D eigenvalue weighted by Gasteiger charge is 1.93. The van der Waals surface area contributed by atoms with E-state index in [0.29, 0.717) is 0 Å². The summed E-state index contributed by atoms with van der Waals surface area (Å²) in [5.74, 6) is 0. The van der Waals surface area contributed by atoms with Gasteiger partial charge in [-0.15, -0.1) is 6.58 Å². The smallest absolute Gasteiger partial charge is 0.0403 e. The molecule has 76 valence electrons. The molecule has 0 N–H and O–H groups in total. The number of nitrogens with zero attached hydrogens (tertiary/aromatic N) is 1. The first-order valence-electron chi connectivity index (χ1n) is 5.44. The second kappa shape index (κ2) is 7.31. The average Bonchev–Trinajstić information content (AvgIpc) is 2.25. The first-order valence-corrected chi connectivity index (χ1v) is 5.44. The van der Waals surface area contributed by atoms with Crippen molar-refractivity contribution in [3.63, 3.8) is 0 Å². The van der Waals surface area contributed by atoms with Crippen molar-refractivity contribution in [1.82, 2.24) is 4.98 Å². The number of hydrogen-bond acceptors (Lipinski definition) is 1. The quantitative estimate of drug-likeness (QED) is 0.470. The summed E-state index contributed by atoms with van der Waals surface area (Å²) in [5.41, 5.74) is 1.22. The highest BCUT2D eigenvalue weighted by atomic mass is 14.7. The van der Waals surface area contributed by atoms with Crippen molar-refractivity contribution in [3.05, 3.63) is 42.7 Å². The zero-order valence-electron chi connectivity index (χ0n) is 8.78. The van der Waals surface area contributed by atoms with Crippen LogP contribution in [0.1, 0.15) is 37.8 Å². The van der Waals surface area contributed by atoms with Crippen molar-refractivity contribution < 1.29 is 0 Å². The second-order valence-corrected chi connectivity index (χ2v) is 3.56. The van der Waals surface area contributed by atoms with E-state index >= 15 is 0 Å². The van der Waals surface area contributed by atoms with Crippen LogP contribution in [0.15, 0.2) is 37.1 Å². The number of unbranched alkanes of at least 4 members (excludes halogenated alkanes) is 4. The molecule has 0 aliphatic heterocycles. The number of pyridine rings is 1. The number of allylic oxidation sites excluding steroid dienone is 1. The standard InChI is InChI=1S/C13H19N/c1-2-3-4-5-6-7-10-13-11-8-9-12-14-13/h2,8-9,11-12H,1,3-7,10H2. The van der Waals surface area contributed by atoms with E-state index in [9.17, 15) is 0 Å². The molecule has 0 bridgehead atoms. The Labute approximate surface area is 86.9 Å². The van der Waals surface area contributed by atoms with Gasteiger partial charge in [0.1, 0.15) is 0 Å². The SMILES string of the molecule is C=CCCCCCCc1ccccn1. The van der Waals surface area contributed by atoms with Crippen LogP contribution in [0.5, 0.6) is 0 Å². The Hall–Kier alpha value is -1.11. The molecule has 0 fully saturated rings. The number of aryl methyl sites for hydroxylation is 1. The normalized spacial score (nSPS) is 10.0. The molecule has 0 radical (unpaired) electrons. The van der Waals surface area contributed by atoms with Crippen LogP contribution in [-0.4, -0.2) is 4.98 Å². The highest BCUT2D eigenvalue weighted by Crippen LogP contribution is 2.06. The summed E-state index contributed by atoms with van der Waals surface area (Å²) < 4.78 is 0. The maximum Gasteiger partial charge on any atom is 0.0403 e. The number of rotatable bonds is 7. The van der Waals surface area contributed by atoms with Crippen LogP contribution in [0.2, 0.25) is 0 Å². The van der Waals surface area contributed by atoms with Crippen LogP contribution in [0.3, 0.4) is 0 Å². The molecule has 14 heavy (non-hydrogen) atoms. The van der Waals surface area contributed by atoms with Crippen molar-refractivity contribution in [2.24, 2.45) is 0 Å². The summed E-state index contributed by atoms with van der Waals surface area (Å²) in [6, 6.07) is 6.12. The van der Waals surface area contributed by atoms with E-state index in [-0.39, 0.29) is 0 Å². The molecular weight excluding hydrogens is 170 g/mol. The molecular formula is C13H19N. The van der Waals surface area contributed by atoms with Gasteiger partial charge in [0.25, 0.3) is 0 Å². The molecule has 0 aliphatic carbocycles. The van der Waals surface area contributed by atoms with Gasteiger partial charge in [0.15, 0.2) is 0 Å². The lowest BCUT2D eigenvalue weighted by Crippen LogP contribution is -1.88. The lowest BCUT2D eigenvalue weighted by molar-refractivity contribution is 0.641. The Morgan fingerprint density at radius 3 is 2.71 bits per heavy atom. The molecule has 0 aromatic carbocycles. The molecule has 0 unspecified atom stereocenters. The summed E-state index contributed by atoms with van der Waals surface area (Å²) in [5, 5.41) is 0. The van der Waals surface area contributed by atoms with Crippen molar-refractivity contribution in [1.29, 1.82) is 0 Å². The minimum Gasteiger partial charge on any atom is -0.261 e. The molecule has 1 heterocycles. The van der Waals surface area contributed by atoms with Gasteiger partial charge in [-0.25, -0.2) is 0 Å². The maximum absolute atomic E-state index is 4.30. The van der Waals surface area contributed by atoms with Crippen LogP contribution < -0.4 is 0 Å². The Morgan fingerprint density at radius 2 is 2.00 bits per heavy atom. The zero-order chi connectivity index (χ0) is 10.1. The summed E-state index contributed by atoms with van der Waals surface area (Å²) in [6.07, 6.45) is 11.3. The van der Waals surface area contributed by atoms with Gasteiger partial charge in [-0.3, -0.25) is 4.98 Å². The third-order valence-electron chi connectivity index (χ3n) is 2.32. The second-order valence-electron chi connectivity index (χ2n) is 3.56. The first kappa shape index (κ1) is 11.0. The molecule has 0 amide bonds. The lowest BCUT2D eigenvalue weighted by Gasteiger charge is -1.99. The van der Waals surface area contributed by atoms with E-state index in [1.165, 1.54) is 31.4 Å². The largest absolute Gasteiger partial charge is 0.261 e. The van der Waals surface area contributed by atoms with Gasteiger partial charge in [0, 0.05) is 11.9 Å². The molecule has 0 saturated carbocycles. The molecule has 1 aromatic heterocycles. The number of aromatic nitrogens is 1. The van der Waals surface area contributed by atoms with E-state index in [1.807, 2.05) is 18.3 Å². The Bertz CT molecular complexity index is 241. The minimum atomic E-state index is 1.12. The predicted molar refractivity (Wildman–Crippen MR) is 61.2 cm³/mol. The third kappa shape index (κ3) is 4.80. The number of hydrogen-bond donors (Lipinski definition) is 0. The first-order chi connectivity index (χ1) is 6.93. The van der Waals surface area contributed by atoms with Gasteiger partial charge in [-0.2, -0.15) is 0 Å².